The van der Waals surface area contributed by atoms with Gasteiger partial charge in [-0.15, -0.1) is 0 Å². The normalized spacial score (nSPS) is 7.27. The topological polar surface area (TPSA) is 0 Å². The zero-order chi connectivity index (χ0) is 28.1. The molecule has 0 unspecified atom stereocenters. The van der Waals surface area contributed by atoms with E-state index in [4.69, 9.17) is 0 Å². The number of hydrogen-bond acceptors (Lipinski definition) is 0. The molecule has 0 radical (unpaired) electrons. The van der Waals surface area contributed by atoms with Crippen molar-refractivity contribution in [2.24, 2.45) is 0 Å². The second-order valence-electron chi connectivity index (χ2n) is 7.35. The maximum absolute atomic E-state index is 3.31. The molecule has 6 aromatic carbocycles. The van der Waals surface area contributed by atoms with Gasteiger partial charge in [0.2, 0.25) is 0 Å². The van der Waals surface area contributed by atoms with Gasteiger partial charge in [0.1, 0.15) is 0 Å². The van der Waals surface area contributed by atoms with E-state index in [0.29, 0.717) is 0 Å². The van der Waals surface area contributed by atoms with Crippen LogP contribution in [0.3, 0.4) is 0 Å². The fraction of sp³-hybridized carbons (Fsp3) is 0. The molecule has 0 fully saturated rings. The zero-order valence-corrected chi connectivity index (χ0v) is 28.9. The monoisotopic (exact) mass is 822 g/mol. The van der Waals surface area contributed by atoms with Crippen LogP contribution in [0.1, 0.15) is 0 Å². The van der Waals surface area contributed by atoms with Gasteiger partial charge in [-0.25, -0.2) is 0 Å². The van der Waals surface area contributed by atoms with Crippen molar-refractivity contribution in [1.82, 2.24) is 0 Å². The van der Waals surface area contributed by atoms with E-state index >= 15 is 0 Å². The Morgan fingerprint density at radius 3 is 0.333 bits per heavy atom. The summed E-state index contributed by atoms with van der Waals surface area (Å²) < 4.78 is 3.40. The van der Waals surface area contributed by atoms with Gasteiger partial charge < -0.3 is 0 Å². The summed E-state index contributed by atoms with van der Waals surface area (Å²) in [5.41, 5.74) is 0. The predicted octanol–water partition coefficient (Wildman–Crippen LogP) is 13.3. The molecule has 0 aliphatic rings. The fourth-order valence-corrected chi connectivity index (χ4v) is 3.31. The van der Waals surface area contributed by atoms with Gasteiger partial charge >= 0.3 is 0 Å². The van der Waals surface area contributed by atoms with Crippen LogP contribution in [0.15, 0.2) is 214 Å². The third-order valence-electron chi connectivity index (χ3n) is 4.20. The van der Waals surface area contributed by atoms with Crippen LogP contribution in [0.4, 0.5) is 28.2 Å². The second kappa shape index (κ2) is 42.5. The lowest BCUT2D eigenvalue weighted by Gasteiger charge is -1.80. The molecule has 0 saturated carbocycles. The molecule has 0 N–H and O–H groups in total. The van der Waals surface area contributed by atoms with Crippen LogP contribution in [-0.2, 0) is 0 Å². The van der Waals surface area contributed by atoms with Gasteiger partial charge in [-0.2, -0.15) is 0 Å². The fourth-order valence-electron chi connectivity index (χ4n) is 2.40. The van der Waals surface area contributed by atoms with Gasteiger partial charge in [0.15, 0.2) is 0 Å². The molecule has 0 saturated heterocycles. The standard InChI is InChI=1S/3C6H5Br.3C6H6.6FH/c3*7-6-4-2-1-3-5-6;3*1-2-4-6-5-3-1;;;;;;/h3*1-5H;3*1-6H;6*1H. The van der Waals surface area contributed by atoms with Crippen LogP contribution in [-0.4, -0.2) is 0 Å². The second-order valence-corrected chi connectivity index (χ2v) is 10.1. The summed E-state index contributed by atoms with van der Waals surface area (Å²) in [6.07, 6.45) is 0. The Morgan fingerprint density at radius 1 is 0.178 bits per heavy atom. The summed E-state index contributed by atoms with van der Waals surface area (Å²) in [7, 11) is 0. The third-order valence-corrected chi connectivity index (χ3v) is 5.79. The average molecular weight is 825 g/mol. The lowest BCUT2D eigenvalue weighted by Crippen LogP contribution is -1.55. The number of rotatable bonds is 0. The highest BCUT2D eigenvalue weighted by molar-refractivity contribution is 9.11. The van der Waals surface area contributed by atoms with Crippen LogP contribution in [0.5, 0.6) is 0 Å². The van der Waals surface area contributed by atoms with Crippen molar-refractivity contribution >= 4 is 47.8 Å². The molecule has 6 rings (SSSR count). The molecule has 0 aromatic heterocycles. The molecular formula is C36H39Br3F6. The van der Waals surface area contributed by atoms with Crippen molar-refractivity contribution in [3.63, 3.8) is 0 Å². The SMILES string of the molecule is Brc1ccccc1.Brc1ccccc1.Brc1ccccc1.F.F.F.F.F.F.c1ccccc1.c1ccccc1.c1ccccc1. The van der Waals surface area contributed by atoms with E-state index in [0.717, 1.165) is 13.4 Å². The molecule has 0 aliphatic heterocycles. The minimum absolute atomic E-state index is 0. The van der Waals surface area contributed by atoms with Gasteiger partial charge in [-0.1, -0.05) is 212 Å². The minimum Gasteiger partial charge on any atom is -0.269 e. The molecule has 0 nitrogen and oxygen atoms in total. The van der Waals surface area contributed by atoms with Crippen molar-refractivity contribution in [3.8, 4) is 0 Å². The summed E-state index contributed by atoms with van der Waals surface area (Å²) in [5, 5.41) is 0. The maximum atomic E-state index is 3.31. The van der Waals surface area contributed by atoms with Crippen LogP contribution >= 0.6 is 47.8 Å². The van der Waals surface area contributed by atoms with E-state index in [1.165, 1.54) is 0 Å². The molecule has 45 heavy (non-hydrogen) atoms. The highest BCUT2D eigenvalue weighted by Gasteiger charge is 1.75. The Bertz CT molecular complexity index is 1020. The lowest BCUT2D eigenvalue weighted by atomic mass is 10.4. The molecule has 0 spiro atoms. The summed E-state index contributed by atoms with van der Waals surface area (Å²) in [5.74, 6) is 0. The Labute approximate surface area is 288 Å². The van der Waals surface area contributed by atoms with E-state index in [2.05, 4.69) is 47.8 Å². The Kier molecular flexibility index (Phi) is 50.8. The third kappa shape index (κ3) is 40.3. The highest BCUT2D eigenvalue weighted by atomic mass is 79.9. The first-order valence-corrected chi connectivity index (χ1v) is 14.7. The van der Waals surface area contributed by atoms with Crippen molar-refractivity contribution < 1.29 is 28.2 Å². The van der Waals surface area contributed by atoms with Gasteiger partial charge in [-0.05, 0) is 36.4 Å². The Balaban J connectivity index is -0.0000000989. The molecule has 0 aliphatic carbocycles. The van der Waals surface area contributed by atoms with Crippen LogP contribution < -0.4 is 0 Å². The molecule has 9 heteroatoms. The average Bonchev–Trinajstić information content (AvgIpc) is 3.03. The van der Waals surface area contributed by atoms with Crippen molar-refractivity contribution in [1.29, 1.82) is 0 Å². The van der Waals surface area contributed by atoms with E-state index < -0.39 is 0 Å². The number of hydrogen-bond donors (Lipinski definition) is 0. The molecule has 0 heterocycles. The minimum atomic E-state index is 0. The van der Waals surface area contributed by atoms with Gasteiger partial charge in [0.25, 0.3) is 0 Å². The van der Waals surface area contributed by atoms with Crippen molar-refractivity contribution in [2.75, 3.05) is 0 Å². The highest BCUT2D eigenvalue weighted by Crippen LogP contribution is 2.06. The van der Waals surface area contributed by atoms with Gasteiger partial charge in [-0.3, -0.25) is 28.2 Å². The van der Waals surface area contributed by atoms with Crippen LogP contribution in [0, 0.1) is 0 Å². The maximum Gasteiger partial charge on any atom is 0.0175 e. The lowest BCUT2D eigenvalue weighted by molar-refractivity contribution is 1.11. The van der Waals surface area contributed by atoms with Crippen LogP contribution in [0.2, 0.25) is 0 Å². The molecule has 0 amide bonds. The first kappa shape index (κ1) is 53.9. The zero-order valence-electron chi connectivity index (χ0n) is 24.1. The smallest absolute Gasteiger partial charge is 0.0175 e. The summed E-state index contributed by atoms with van der Waals surface area (Å²) in [4.78, 5) is 0. The van der Waals surface area contributed by atoms with Crippen molar-refractivity contribution in [3.05, 3.63) is 214 Å². The van der Waals surface area contributed by atoms with Gasteiger partial charge in [0, 0.05) is 13.4 Å². The molecular weight excluding hydrogens is 786 g/mol. The number of benzene rings is 6. The first-order chi connectivity index (χ1) is 19.2. The van der Waals surface area contributed by atoms with Crippen molar-refractivity contribution in [2.45, 2.75) is 0 Å². The number of halogens is 9. The largest absolute Gasteiger partial charge is 0.269 e. The molecule has 246 valence electrons. The van der Waals surface area contributed by atoms with Crippen LogP contribution in [0.25, 0.3) is 0 Å². The predicted molar refractivity (Wildman–Crippen MR) is 197 cm³/mol. The summed E-state index contributed by atoms with van der Waals surface area (Å²) in [6, 6.07) is 65.9. The summed E-state index contributed by atoms with van der Waals surface area (Å²) >= 11 is 9.93. The molecule has 6 aromatic rings. The quantitative estimate of drug-likeness (QED) is 0.134. The Morgan fingerprint density at radius 2 is 0.267 bits per heavy atom. The molecule has 0 bridgehead atoms. The van der Waals surface area contributed by atoms with Gasteiger partial charge in [0.05, 0.1) is 0 Å². The Hall–Kier alpha value is -3.66. The van der Waals surface area contributed by atoms with E-state index in [1.54, 1.807) is 0 Å². The molecule has 0 atom stereocenters. The van der Waals surface area contributed by atoms with E-state index in [-0.39, 0.29) is 28.2 Å². The van der Waals surface area contributed by atoms with E-state index in [1.807, 2.05) is 200 Å². The van der Waals surface area contributed by atoms with E-state index in [9.17, 15) is 0 Å². The summed E-state index contributed by atoms with van der Waals surface area (Å²) in [6.45, 7) is 0. The first-order valence-electron chi connectivity index (χ1n) is 12.3.